The molecule has 276 valence electrons. The Morgan fingerprint density at radius 3 is 1.56 bits per heavy atom. The Morgan fingerprint density at radius 1 is 0.615 bits per heavy atom. The van der Waals surface area contributed by atoms with Crippen LogP contribution in [0.15, 0.2) is 58.9 Å². The molecule has 3 aromatic rings. The second kappa shape index (κ2) is 13.8. The van der Waals surface area contributed by atoms with Gasteiger partial charge in [-0.3, -0.25) is 0 Å². The van der Waals surface area contributed by atoms with E-state index in [1.165, 1.54) is 0 Å². The van der Waals surface area contributed by atoms with Crippen molar-refractivity contribution in [3.63, 3.8) is 0 Å². The predicted molar refractivity (Wildman–Crippen MR) is 190 cm³/mol. The van der Waals surface area contributed by atoms with E-state index in [9.17, 15) is 9.81 Å². The lowest BCUT2D eigenvalue weighted by Crippen LogP contribution is -2.56. The fourth-order valence-electron chi connectivity index (χ4n) is 7.45. The lowest BCUT2D eigenvalue weighted by molar-refractivity contribution is -0.238. The second-order valence-electron chi connectivity index (χ2n) is 14.4. The summed E-state index contributed by atoms with van der Waals surface area (Å²) in [6.07, 6.45) is -2.48. The Morgan fingerprint density at radius 2 is 1.06 bits per heavy atom. The summed E-state index contributed by atoms with van der Waals surface area (Å²) in [5.41, 5.74) is 2.85. The van der Waals surface area contributed by atoms with Crippen molar-refractivity contribution in [1.82, 2.24) is 15.0 Å². The Hall–Kier alpha value is -4.55. The van der Waals surface area contributed by atoms with Crippen LogP contribution in [0.5, 0.6) is 6.01 Å². The van der Waals surface area contributed by atoms with Gasteiger partial charge in [-0.1, -0.05) is 0 Å². The van der Waals surface area contributed by atoms with Crippen molar-refractivity contribution in [2.75, 3.05) is 78.6 Å². The molecule has 5 aliphatic rings. The largest absolute Gasteiger partial charge is 0.460 e. The van der Waals surface area contributed by atoms with Crippen LogP contribution in [0.25, 0.3) is 0 Å². The van der Waals surface area contributed by atoms with Gasteiger partial charge in [-0.05, 0) is 86.6 Å². The molecule has 0 spiro atoms. The molecule has 5 atom stereocenters. The molecule has 17 nitrogen and oxygen atoms in total. The van der Waals surface area contributed by atoms with Gasteiger partial charge in [-0.15, -0.1) is 9.81 Å². The molecule has 0 amide bonds. The van der Waals surface area contributed by atoms with Crippen LogP contribution < -0.4 is 24.3 Å². The van der Waals surface area contributed by atoms with Crippen LogP contribution in [0.1, 0.15) is 27.7 Å². The third-order valence-electron chi connectivity index (χ3n) is 9.98. The van der Waals surface area contributed by atoms with Crippen LogP contribution >= 0.6 is 0 Å². The molecule has 2 aromatic carbocycles. The SMILES string of the molecule is CC1(C)O[C@H]2[C@@H](O1)[C@@H](COc1nc(N3CCN(c4ccc(N=O)cc4)CC3)nc(N3CCN(c4ccc(N=O)cc4)CC3)n1)O[C@@H]1OC(C)(C)O[C@@H]12. The minimum absolute atomic E-state index is 0.0926. The van der Waals surface area contributed by atoms with Gasteiger partial charge in [0.05, 0.1) is 0 Å². The van der Waals surface area contributed by atoms with E-state index >= 15 is 0 Å². The van der Waals surface area contributed by atoms with Crippen LogP contribution in [0.3, 0.4) is 0 Å². The summed E-state index contributed by atoms with van der Waals surface area (Å²) < 4.78 is 37.5. The number of benzene rings is 2. The highest BCUT2D eigenvalue weighted by Crippen LogP contribution is 2.44. The topological polar surface area (TPSA) is 166 Å². The van der Waals surface area contributed by atoms with E-state index in [4.69, 9.17) is 43.4 Å². The van der Waals surface area contributed by atoms with E-state index in [0.29, 0.717) is 49.5 Å². The molecule has 0 bridgehead atoms. The van der Waals surface area contributed by atoms with Crippen LogP contribution in [0, 0.1) is 9.81 Å². The predicted octanol–water partition coefficient (Wildman–Crippen LogP) is 4.10. The normalized spacial score (nSPS) is 28.0. The Balaban J connectivity index is 1.00. The zero-order valence-electron chi connectivity index (χ0n) is 29.7. The fraction of sp³-hybridized carbons (Fsp3) is 0.571. The van der Waals surface area contributed by atoms with E-state index < -0.39 is 42.3 Å². The van der Waals surface area contributed by atoms with Crippen molar-refractivity contribution in [3.05, 3.63) is 58.3 Å². The number of hydrogen-bond donors (Lipinski definition) is 0. The first kappa shape index (κ1) is 34.5. The molecule has 0 N–H and O–H groups in total. The highest BCUT2D eigenvalue weighted by atomic mass is 16.9. The van der Waals surface area contributed by atoms with E-state index in [1.807, 2.05) is 52.0 Å². The number of piperazine rings is 2. The van der Waals surface area contributed by atoms with Gasteiger partial charge in [-0.2, -0.15) is 15.0 Å². The van der Waals surface area contributed by atoms with Gasteiger partial charge in [-0.25, -0.2) is 0 Å². The molecule has 5 fully saturated rings. The number of rotatable bonds is 9. The number of hydrogen-bond acceptors (Lipinski definition) is 17. The molecule has 0 radical (unpaired) electrons. The molecule has 0 aliphatic carbocycles. The van der Waals surface area contributed by atoms with E-state index in [0.717, 1.165) is 37.6 Å². The summed E-state index contributed by atoms with van der Waals surface area (Å²) in [5, 5.41) is 6.02. The lowest BCUT2D eigenvalue weighted by atomic mass is 9.99. The highest BCUT2D eigenvalue weighted by molar-refractivity contribution is 5.55. The molecule has 5 aliphatic heterocycles. The molecular weight excluding hydrogens is 674 g/mol. The van der Waals surface area contributed by atoms with Crippen LogP contribution in [0.4, 0.5) is 34.6 Å². The molecule has 52 heavy (non-hydrogen) atoms. The average molecular weight is 718 g/mol. The van der Waals surface area contributed by atoms with Crippen molar-refractivity contribution in [2.45, 2.75) is 70.0 Å². The Labute approximate surface area is 301 Å². The molecule has 1 aromatic heterocycles. The van der Waals surface area contributed by atoms with Gasteiger partial charge in [0.1, 0.15) is 42.4 Å². The van der Waals surface area contributed by atoms with Crippen molar-refractivity contribution in [1.29, 1.82) is 0 Å². The summed E-state index contributed by atoms with van der Waals surface area (Å²) in [4.78, 5) is 45.1. The zero-order chi connectivity index (χ0) is 36.0. The smallest absolute Gasteiger partial charge is 0.323 e. The molecule has 17 heteroatoms. The maximum absolute atomic E-state index is 10.9. The quantitative estimate of drug-likeness (QED) is 0.290. The number of nitrogens with zero attached hydrogens (tertiary/aromatic N) is 9. The first-order chi connectivity index (χ1) is 25.1. The number of aromatic nitrogens is 3. The van der Waals surface area contributed by atoms with Gasteiger partial charge < -0.3 is 48.0 Å². The summed E-state index contributed by atoms with van der Waals surface area (Å²) in [6, 6.07) is 14.7. The fourth-order valence-corrected chi connectivity index (χ4v) is 7.45. The van der Waals surface area contributed by atoms with E-state index in [2.05, 4.69) is 30.0 Å². The van der Waals surface area contributed by atoms with E-state index in [1.54, 1.807) is 24.3 Å². The summed E-state index contributed by atoms with van der Waals surface area (Å²) in [6.45, 7) is 13.1. The summed E-state index contributed by atoms with van der Waals surface area (Å²) in [5.74, 6) is -0.610. The maximum Gasteiger partial charge on any atom is 0.323 e. The number of anilines is 4. The van der Waals surface area contributed by atoms with Crippen LogP contribution in [-0.4, -0.2) is 116 Å². The third-order valence-corrected chi connectivity index (χ3v) is 9.98. The number of nitroso groups, excluding NO2 is 2. The van der Waals surface area contributed by atoms with Crippen molar-refractivity contribution in [2.24, 2.45) is 10.4 Å². The average Bonchev–Trinajstić information content (AvgIpc) is 3.67. The molecule has 6 heterocycles. The van der Waals surface area contributed by atoms with Crippen molar-refractivity contribution < 1.29 is 28.4 Å². The first-order valence-corrected chi connectivity index (χ1v) is 17.7. The Kier molecular flexibility index (Phi) is 9.15. The summed E-state index contributed by atoms with van der Waals surface area (Å²) >= 11 is 0. The number of fused-ring (bicyclic) bond motifs is 3. The molecule has 8 rings (SSSR count). The summed E-state index contributed by atoms with van der Waals surface area (Å²) in [7, 11) is 0. The van der Waals surface area contributed by atoms with Crippen LogP contribution in [-0.2, 0) is 23.7 Å². The van der Waals surface area contributed by atoms with E-state index in [-0.39, 0.29) is 12.6 Å². The minimum Gasteiger partial charge on any atom is -0.460 e. The van der Waals surface area contributed by atoms with Crippen LogP contribution in [0.2, 0.25) is 0 Å². The van der Waals surface area contributed by atoms with Crippen molar-refractivity contribution >= 4 is 34.6 Å². The highest BCUT2D eigenvalue weighted by Gasteiger charge is 2.60. The third kappa shape index (κ3) is 7.10. The first-order valence-electron chi connectivity index (χ1n) is 17.7. The Bertz CT molecular complexity index is 1660. The molecule has 5 saturated heterocycles. The second-order valence-corrected chi connectivity index (χ2v) is 14.4. The maximum atomic E-state index is 10.9. The van der Waals surface area contributed by atoms with Gasteiger partial charge in [0, 0.05) is 63.7 Å². The van der Waals surface area contributed by atoms with Gasteiger partial charge in [0.2, 0.25) is 11.9 Å². The molecule has 0 unspecified atom stereocenters. The molecular formula is C35H43N9O8. The van der Waals surface area contributed by atoms with Gasteiger partial charge in [0.15, 0.2) is 17.9 Å². The number of ether oxygens (including phenoxy) is 6. The zero-order valence-corrected chi connectivity index (χ0v) is 29.7. The van der Waals surface area contributed by atoms with Crippen molar-refractivity contribution in [3.8, 4) is 6.01 Å². The molecule has 0 saturated carbocycles. The lowest BCUT2D eigenvalue weighted by Gasteiger charge is -2.38. The minimum atomic E-state index is -0.833. The van der Waals surface area contributed by atoms with Gasteiger partial charge >= 0.3 is 6.01 Å². The monoisotopic (exact) mass is 717 g/mol. The standard InChI is InChI=1S/C35H43N9O8/c1-34(2)49-27-26(48-30-29(28(27)50-34)51-35(3,4)52-30)21-47-33-37-31(43-17-13-41(14-18-43)24-9-5-22(39-45)6-10-24)36-32(38-33)44-19-15-42(16-20-44)25-11-7-23(40-46)8-12-25/h5-12,26-30H,13-21H2,1-4H3/t26-,27+,28+,29-,30-/m1/s1. The van der Waals surface area contributed by atoms with Gasteiger partial charge in [0.25, 0.3) is 0 Å².